The molecule has 0 bridgehead atoms. The van der Waals surface area contributed by atoms with Crippen LogP contribution in [0, 0.1) is 23.0 Å². The maximum Gasteiger partial charge on any atom is 0.244 e. The van der Waals surface area contributed by atoms with Crippen LogP contribution in [0.15, 0.2) is 42.5 Å². The minimum Gasteiger partial charge on any atom is -0.348 e. The molecule has 5 nitrogen and oxygen atoms in total. The highest BCUT2D eigenvalue weighted by Crippen LogP contribution is 2.25. The standard InChI is InChI=1S/C20H15ClF2N4O/c1-2-27(11-19(28)26-20-15(22)4-3-5-16(20)23)18-8-12(10-24)14-9-13(21)6-7-17(14)25-18/h3-9H,2,11H2,1H3,(H,26,28). The monoisotopic (exact) mass is 400 g/mol. The number of halogens is 3. The molecule has 0 aliphatic heterocycles. The van der Waals surface area contributed by atoms with Gasteiger partial charge in [0.1, 0.15) is 23.1 Å². The molecule has 3 rings (SSSR count). The highest BCUT2D eigenvalue weighted by Gasteiger charge is 2.17. The first kappa shape index (κ1) is 19.5. The molecule has 0 spiro atoms. The molecule has 142 valence electrons. The molecule has 0 fully saturated rings. The third kappa shape index (κ3) is 4.02. The van der Waals surface area contributed by atoms with E-state index >= 15 is 0 Å². The predicted molar refractivity (Wildman–Crippen MR) is 104 cm³/mol. The molecule has 0 saturated heterocycles. The van der Waals surface area contributed by atoms with E-state index in [-0.39, 0.29) is 6.54 Å². The Morgan fingerprint density at radius 3 is 2.61 bits per heavy atom. The van der Waals surface area contributed by atoms with Gasteiger partial charge in [0.2, 0.25) is 5.91 Å². The average molecular weight is 401 g/mol. The number of fused-ring (bicyclic) bond motifs is 1. The molecule has 28 heavy (non-hydrogen) atoms. The van der Waals surface area contributed by atoms with Crippen molar-refractivity contribution >= 4 is 39.9 Å². The van der Waals surface area contributed by atoms with Crippen molar-refractivity contribution in [1.82, 2.24) is 4.98 Å². The number of para-hydroxylation sites is 1. The predicted octanol–water partition coefficient (Wildman–Crippen LogP) is 4.50. The Kier molecular flexibility index (Phi) is 5.71. The summed E-state index contributed by atoms with van der Waals surface area (Å²) in [4.78, 5) is 18.4. The summed E-state index contributed by atoms with van der Waals surface area (Å²) < 4.78 is 27.5. The number of carbonyl (C=O) groups excluding carboxylic acids is 1. The highest BCUT2D eigenvalue weighted by atomic mass is 35.5. The van der Waals surface area contributed by atoms with Gasteiger partial charge in [-0.25, -0.2) is 13.8 Å². The largest absolute Gasteiger partial charge is 0.348 e. The number of carbonyl (C=O) groups is 1. The van der Waals surface area contributed by atoms with Gasteiger partial charge in [-0.05, 0) is 43.3 Å². The van der Waals surface area contributed by atoms with Crippen LogP contribution in [0.25, 0.3) is 10.9 Å². The topological polar surface area (TPSA) is 69.0 Å². The van der Waals surface area contributed by atoms with Crippen LogP contribution in [0.2, 0.25) is 5.02 Å². The summed E-state index contributed by atoms with van der Waals surface area (Å²) >= 11 is 5.99. The lowest BCUT2D eigenvalue weighted by Crippen LogP contribution is -2.34. The van der Waals surface area contributed by atoms with E-state index in [1.54, 1.807) is 36.1 Å². The van der Waals surface area contributed by atoms with E-state index in [1.165, 1.54) is 6.07 Å². The number of anilines is 2. The lowest BCUT2D eigenvalue weighted by Gasteiger charge is -2.22. The van der Waals surface area contributed by atoms with Gasteiger partial charge in [-0.1, -0.05) is 17.7 Å². The lowest BCUT2D eigenvalue weighted by molar-refractivity contribution is -0.115. The van der Waals surface area contributed by atoms with Crippen molar-refractivity contribution < 1.29 is 13.6 Å². The summed E-state index contributed by atoms with van der Waals surface area (Å²) in [5.41, 5.74) is 0.418. The molecule has 0 saturated carbocycles. The van der Waals surface area contributed by atoms with Gasteiger partial charge in [-0.15, -0.1) is 0 Å². The Morgan fingerprint density at radius 2 is 1.96 bits per heavy atom. The van der Waals surface area contributed by atoms with Gasteiger partial charge in [0.25, 0.3) is 0 Å². The molecule has 1 amide bonds. The van der Waals surface area contributed by atoms with Gasteiger partial charge in [0.15, 0.2) is 0 Å². The molecule has 0 aliphatic carbocycles. The lowest BCUT2D eigenvalue weighted by atomic mass is 10.1. The number of benzene rings is 2. The number of amides is 1. The molecule has 1 N–H and O–H groups in total. The van der Waals surface area contributed by atoms with Crippen molar-refractivity contribution in [1.29, 1.82) is 5.26 Å². The SMILES string of the molecule is CCN(CC(=O)Nc1c(F)cccc1F)c1cc(C#N)c2cc(Cl)ccc2n1. The van der Waals surface area contributed by atoms with Crippen LogP contribution < -0.4 is 10.2 Å². The fraction of sp³-hybridized carbons (Fsp3) is 0.150. The number of nitriles is 1. The zero-order valence-electron chi connectivity index (χ0n) is 14.8. The summed E-state index contributed by atoms with van der Waals surface area (Å²) in [7, 11) is 0. The number of hydrogen-bond donors (Lipinski definition) is 1. The number of nitrogens with one attached hydrogen (secondary N) is 1. The average Bonchev–Trinajstić information content (AvgIpc) is 2.68. The van der Waals surface area contributed by atoms with Crippen molar-refractivity contribution in [3.63, 3.8) is 0 Å². The van der Waals surface area contributed by atoms with Crippen LogP contribution >= 0.6 is 11.6 Å². The molecule has 2 aromatic carbocycles. The van der Waals surface area contributed by atoms with E-state index < -0.39 is 23.2 Å². The van der Waals surface area contributed by atoms with Gasteiger partial charge in [-0.3, -0.25) is 4.79 Å². The van der Waals surface area contributed by atoms with Crippen LogP contribution in [0.3, 0.4) is 0 Å². The fourth-order valence-corrected chi connectivity index (χ4v) is 2.93. The van der Waals surface area contributed by atoms with Gasteiger partial charge < -0.3 is 10.2 Å². The Bertz CT molecular complexity index is 1080. The maximum absolute atomic E-state index is 13.7. The van der Waals surface area contributed by atoms with Crippen molar-refractivity contribution in [2.45, 2.75) is 6.92 Å². The van der Waals surface area contributed by atoms with Crippen molar-refractivity contribution in [2.24, 2.45) is 0 Å². The number of nitrogens with zero attached hydrogens (tertiary/aromatic N) is 3. The van der Waals surface area contributed by atoms with Crippen LogP contribution in [0.5, 0.6) is 0 Å². The molecule has 0 radical (unpaired) electrons. The molecular weight excluding hydrogens is 386 g/mol. The van der Waals surface area contributed by atoms with Crippen LogP contribution in [-0.2, 0) is 4.79 Å². The first-order chi connectivity index (χ1) is 13.4. The number of rotatable bonds is 5. The molecular formula is C20H15ClF2N4O. The van der Waals surface area contributed by atoms with E-state index in [0.717, 1.165) is 12.1 Å². The Labute approximate surface area is 165 Å². The first-order valence-corrected chi connectivity index (χ1v) is 8.80. The van der Waals surface area contributed by atoms with Gasteiger partial charge in [0, 0.05) is 17.0 Å². The summed E-state index contributed by atoms with van der Waals surface area (Å²) in [5, 5.41) is 12.8. The number of aromatic nitrogens is 1. The van der Waals surface area contributed by atoms with Gasteiger partial charge in [-0.2, -0.15) is 5.26 Å². The first-order valence-electron chi connectivity index (χ1n) is 8.42. The minimum absolute atomic E-state index is 0.193. The zero-order valence-corrected chi connectivity index (χ0v) is 15.6. The molecule has 0 unspecified atom stereocenters. The second-order valence-electron chi connectivity index (χ2n) is 5.96. The van der Waals surface area contributed by atoms with Gasteiger partial charge >= 0.3 is 0 Å². The fourth-order valence-electron chi connectivity index (χ4n) is 2.76. The van der Waals surface area contributed by atoms with Crippen LogP contribution in [-0.4, -0.2) is 24.0 Å². The minimum atomic E-state index is -0.858. The van der Waals surface area contributed by atoms with E-state index in [9.17, 15) is 18.8 Å². The molecule has 8 heteroatoms. The van der Waals surface area contributed by atoms with Gasteiger partial charge in [0.05, 0.1) is 23.7 Å². The summed E-state index contributed by atoms with van der Waals surface area (Å²) in [5.74, 6) is -1.92. The Morgan fingerprint density at radius 1 is 1.25 bits per heavy atom. The van der Waals surface area contributed by atoms with E-state index in [4.69, 9.17) is 11.6 Å². The third-order valence-corrected chi connectivity index (χ3v) is 4.38. The molecule has 0 aliphatic rings. The van der Waals surface area contributed by atoms with Crippen LogP contribution in [0.4, 0.5) is 20.3 Å². The summed E-state index contributed by atoms with van der Waals surface area (Å²) in [6, 6.07) is 12.0. The smallest absolute Gasteiger partial charge is 0.244 e. The highest BCUT2D eigenvalue weighted by molar-refractivity contribution is 6.31. The molecule has 1 heterocycles. The number of pyridine rings is 1. The third-order valence-electron chi connectivity index (χ3n) is 4.15. The number of hydrogen-bond acceptors (Lipinski definition) is 4. The maximum atomic E-state index is 13.7. The normalized spacial score (nSPS) is 10.5. The van der Waals surface area contributed by atoms with Crippen LogP contribution in [0.1, 0.15) is 12.5 Å². The number of likely N-dealkylation sites (N-methyl/N-ethyl adjacent to an activating group) is 1. The van der Waals surface area contributed by atoms with Crippen molar-refractivity contribution in [3.8, 4) is 6.07 Å². The summed E-state index contributed by atoms with van der Waals surface area (Å²) in [6.45, 7) is 2.00. The Balaban J connectivity index is 1.88. The zero-order chi connectivity index (χ0) is 20.3. The van der Waals surface area contributed by atoms with Crippen molar-refractivity contribution in [2.75, 3.05) is 23.3 Å². The Hall–Kier alpha value is -3.24. The van der Waals surface area contributed by atoms with Crippen molar-refractivity contribution in [3.05, 3.63) is 64.7 Å². The molecule has 3 aromatic rings. The quantitative estimate of drug-likeness (QED) is 0.684. The second-order valence-corrected chi connectivity index (χ2v) is 6.40. The van der Waals surface area contributed by atoms with E-state index in [2.05, 4.69) is 16.4 Å². The molecule has 1 aromatic heterocycles. The molecule has 0 atom stereocenters. The second kappa shape index (κ2) is 8.19. The van der Waals surface area contributed by atoms with E-state index in [1.807, 2.05) is 0 Å². The van der Waals surface area contributed by atoms with E-state index in [0.29, 0.717) is 33.9 Å². The summed E-state index contributed by atoms with van der Waals surface area (Å²) in [6.07, 6.45) is 0.